The molecule has 0 amide bonds. The number of ether oxygens (including phenoxy) is 2. The molecule has 0 unspecified atom stereocenters. The average Bonchev–Trinajstić information content (AvgIpc) is 3.09. The van der Waals surface area contributed by atoms with Gasteiger partial charge in [-0.2, -0.15) is 4.39 Å². The molecule has 0 radical (unpaired) electrons. The Labute approximate surface area is 180 Å². The number of carbonyl (C=O) groups excluding carboxylic acids is 1. The van der Waals surface area contributed by atoms with E-state index in [1.807, 2.05) is 0 Å². The summed E-state index contributed by atoms with van der Waals surface area (Å²) in [6, 6.07) is 0. The zero-order chi connectivity index (χ0) is 21.7. The number of esters is 1. The number of hydrogen-bond acceptors (Lipinski definition) is 3. The summed E-state index contributed by atoms with van der Waals surface area (Å²) in [6.07, 6.45) is 11.7. The van der Waals surface area contributed by atoms with Crippen molar-refractivity contribution in [3.05, 3.63) is 34.9 Å². The third-order valence-corrected chi connectivity index (χ3v) is 9.31. The molecular formula is C26H37FO3. The molecule has 3 nitrogen and oxygen atoms in total. The molecule has 4 heteroatoms. The standard InChI is InChI=1S/C26H37FO3/c1-6-16-14-18(29-5)15-17-8-9-19-20-10-11-22(23(27)24(28)30-7-2)25(20,3)13-12-21(19)26(16,17)4/h8,15-16,19-21H,6-7,9-14H2,1-5H3/t16-,19-,20-,21-,25-,26-/m0/s1. The maximum absolute atomic E-state index is 15.0. The number of halogens is 1. The number of rotatable bonds is 4. The number of fused-ring (bicyclic) bond motifs is 5. The first-order chi connectivity index (χ1) is 14.3. The van der Waals surface area contributed by atoms with E-state index in [0.717, 1.165) is 49.9 Å². The van der Waals surface area contributed by atoms with Crippen LogP contribution in [0, 0.1) is 34.5 Å². The third kappa shape index (κ3) is 3.00. The zero-order valence-electron chi connectivity index (χ0n) is 19.2. The van der Waals surface area contributed by atoms with Gasteiger partial charge in [-0.25, -0.2) is 4.79 Å². The number of carbonyl (C=O) groups is 1. The molecule has 0 aromatic rings. The monoisotopic (exact) mass is 416 g/mol. The van der Waals surface area contributed by atoms with Crippen LogP contribution < -0.4 is 0 Å². The molecule has 0 heterocycles. The van der Waals surface area contributed by atoms with Gasteiger partial charge in [-0.15, -0.1) is 0 Å². The molecule has 0 aromatic carbocycles. The predicted molar refractivity (Wildman–Crippen MR) is 116 cm³/mol. The lowest BCUT2D eigenvalue weighted by Crippen LogP contribution is -2.51. The van der Waals surface area contributed by atoms with E-state index < -0.39 is 11.8 Å². The number of methoxy groups -OCH3 is 1. The maximum atomic E-state index is 15.0. The Bertz CT molecular complexity index is 809. The molecule has 0 spiro atoms. The van der Waals surface area contributed by atoms with Gasteiger partial charge in [0, 0.05) is 6.42 Å². The second kappa shape index (κ2) is 7.84. The van der Waals surface area contributed by atoms with Crippen molar-refractivity contribution < 1.29 is 18.7 Å². The van der Waals surface area contributed by atoms with Crippen LogP contribution in [-0.2, 0) is 14.3 Å². The van der Waals surface area contributed by atoms with Gasteiger partial charge < -0.3 is 9.47 Å². The number of allylic oxidation sites excluding steroid dienone is 5. The molecule has 166 valence electrons. The van der Waals surface area contributed by atoms with Crippen LogP contribution in [-0.4, -0.2) is 19.7 Å². The highest BCUT2D eigenvalue weighted by molar-refractivity contribution is 5.87. The molecular weight excluding hydrogens is 379 g/mol. The second-order valence-corrected chi connectivity index (χ2v) is 10.2. The normalized spacial score (nSPS) is 41.7. The van der Waals surface area contributed by atoms with Crippen molar-refractivity contribution in [3.8, 4) is 0 Å². The Balaban J connectivity index is 1.70. The van der Waals surface area contributed by atoms with E-state index in [1.165, 1.54) is 5.57 Å². The van der Waals surface area contributed by atoms with Crippen LogP contribution in [0.2, 0.25) is 0 Å². The summed E-state index contributed by atoms with van der Waals surface area (Å²) in [7, 11) is 1.78. The van der Waals surface area contributed by atoms with Crippen LogP contribution >= 0.6 is 0 Å². The summed E-state index contributed by atoms with van der Waals surface area (Å²) in [5.41, 5.74) is 2.12. The summed E-state index contributed by atoms with van der Waals surface area (Å²) in [4.78, 5) is 12.1. The Morgan fingerprint density at radius 2 is 2.00 bits per heavy atom. The Hall–Kier alpha value is -1.58. The molecule has 4 aliphatic carbocycles. The summed E-state index contributed by atoms with van der Waals surface area (Å²) in [5.74, 6) is 1.89. The van der Waals surface area contributed by atoms with Gasteiger partial charge >= 0.3 is 5.97 Å². The Morgan fingerprint density at radius 3 is 2.67 bits per heavy atom. The maximum Gasteiger partial charge on any atom is 0.367 e. The first-order valence-corrected chi connectivity index (χ1v) is 11.8. The van der Waals surface area contributed by atoms with Gasteiger partial charge in [0.25, 0.3) is 0 Å². The fraction of sp³-hybridized carbons (Fsp3) is 0.731. The highest BCUT2D eigenvalue weighted by atomic mass is 19.1. The molecule has 0 saturated heterocycles. The Morgan fingerprint density at radius 1 is 1.23 bits per heavy atom. The lowest BCUT2D eigenvalue weighted by Gasteiger charge is -2.58. The van der Waals surface area contributed by atoms with Crippen molar-refractivity contribution in [1.29, 1.82) is 0 Å². The van der Waals surface area contributed by atoms with Gasteiger partial charge in [0.2, 0.25) is 5.83 Å². The van der Waals surface area contributed by atoms with Crippen LogP contribution in [0.25, 0.3) is 0 Å². The van der Waals surface area contributed by atoms with E-state index in [2.05, 4.69) is 32.9 Å². The minimum Gasteiger partial charge on any atom is -0.501 e. The van der Waals surface area contributed by atoms with E-state index in [0.29, 0.717) is 30.1 Å². The van der Waals surface area contributed by atoms with Crippen LogP contribution in [0.15, 0.2) is 34.9 Å². The van der Waals surface area contributed by atoms with Gasteiger partial charge in [0.15, 0.2) is 0 Å². The lowest BCUT2D eigenvalue weighted by atomic mass is 9.46. The smallest absolute Gasteiger partial charge is 0.367 e. The van der Waals surface area contributed by atoms with E-state index in [1.54, 1.807) is 14.0 Å². The molecule has 2 fully saturated rings. The molecule has 4 aliphatic rings. The van der Waals surface area contributed by atoms with Crippen LogP contribution in [0.4, 0.5) is 4.39 Å². The topological polar surface area (TPSA) is 35.5 Å². The molecule has 6 atom stereocenters. The van der Waals surface area contributed by atoms with Crippen LogP contribution in [0.1, 0.15) is 72.6 Å². The molecule has 0 aromatic heterocycles. The highest BCUT2D eigenvalue weighted by Gasteiger charge is 2.59. The molecule has 0 bridgehead atoms. The summed E-state index contributed by atoms with van der Waals surface area (Å²) in [5, 5.41) is 0. The van der Waals surface area contributed by atoms with Crippen molar-refractivity contribution in [2.45, 2.75) is 72.6 Å². The predicted octanol–water partition coefficient (Wildman–Crippen LogP) is 6.51. The van der Waals surface area contributed by atoms with E-state index in [9.17, 15) is 4.79 Å². The minimum atomic E-state index is -0.773. The molecule has 4 rings (SSSR count). The van der Waals surface area contributed by atoms with Gasteiger partial charge in [0.1, 0.15) is 0 Å². The van der Waals surface area contributed by atoms with Crippen LogP contribution in [0.5, 0.6) is 0 Å². The van der Waals surface area contributed by atoms with Gasteiger partial charge in [-0.05, 0) is 90.8 Å². The highest BCUT2D eigenvalue weighted by Crippen LogP contribution is 2.67. The first-order valence-electron chi connectivity index (χ1n) is 11.8. The van der Waals surface area contributed by atoms with Crippen molar-refractivity contribution in [1.82, 2.24) is 0 Å². The zero-order valence-corrected chi connectivity index (χ0v) is 19.2. The molecule has 0 aliphatic heterocycles. The van der Waals surface area contributed by atoms with Crippen LogP contribution in [0.3, 0.4) is 0 Å². The number of hydrogen-bond donors (Lipinski definition) is 0. The van der Waals surface area contributed by atoms with E-state index in [4.69, 9.17) is 9.47 Å². The summed E-state index contributed by atoms with van der Waals surface area (Å²) in [6.45, 7) is 8.92. The summed E-state index contributed by atoms with van der Waals surface area (Å²) >= 11 is 0. The van der Waals surface area contributed by atoms with Gasteiger partial charge in [0.05, 0.1) is 19.5 Å². The fourth-order valence-corrected chi connectivity index (χ4v) is 7.70. The Kier molecular flexibility index (Phi) is 5.65. The second-order valence-electron chi connectivity index (χ2n) is 10.2. The fourth-order valence-electron chi connectivity index (χ4n) is 7.70. The van der Waals surface area contributed by atoms with Crippen molar-refractivity contribution in [2.75, 3.05) is 13.7 Å². The average molecular weight is 417 g/mol. The third-order valence-electron chi connectivity index (χ3n) is 9.31. The minimum absolute atomic E-state index is 0.160. The largest absolute Gasteiger partial charge is 0.501 e. The molecule has 0 N–H and O–H groups in total. The summed E-state index contributed by atoms with van der Waals surface area (Å²) < 4.78 is 25.7. The molecule has 2 saturated carbocycles. The van der Waals surface area contributed by atoms with Crippen molar-refractivity contribution >= 4 is 5.97 Å². The van der Waals surface area contributed by atoms with Gasteiger partial charge in [-0.1, -0.05) is 33.3 Å². The molecule has 30 heavy (non-hydrogen) atoms. The van der Waals surface area contributed by atoms with Crippen molar-refractivity contribution in [3.63, 3.8) is 0 Å². The van der Waals surface area contributed by atoms with E-state index in [-0.39, 0.29) is 17.4 Å². The lowest BCUT2D eigenvalue weighted by molar-refractivity contribution is -0.140. The first kappa shape index (κ1) is 21.6. The van der Waals surface area contributed by atoms with E-state index >= 15 is 4.39 Å². The quantitative estimate of drug-likeness (QED) is 0.387. The van der Waals surface area contributed by atoms with Gasteiger partial charge in [-0.3, -0.25) is 0 Å². The van der Waals surface area contributed by atoms with Crippen molar-refractivity contribution in [2.24, 2.45) is 34.5 Å². The SMILES string of the molecule is CCOC(=O)C(F)=C1CC[C@H]2[C@@H]3CC=C4C=C(OC)C[C@H](CC)[C@]4(C)[C@H]3CC[C@]12C.